The maximum absolute atomic E-state index is 6.26. The Morgan fingerprint density at radius 2 is 2.29 bits per heavy atom. The Balaban J connectivity index is 2.22. The van der Waals surface area contributed by atoms with Crippen LogP contribution in [0.3, 0.4) is 0 Å². The lowest BCUT2D eigenvalue weighted by Crippen LogP contribution is -2.27. The Bertz CT molecular complexity index is 378. The van der Waals surface area contributed by atoms with Gasteiger partial charge in [-0.1, -0.05) is 32.4 Å². The number of nitrogens with zero attached hydrogens (tertiary/aromatic N) is 2. The Labute approximate surface area is 109 Å². The zero-order chi connectivity index (χ0) is 12.6. The Hall–Kier alpha value is -0.540. The Morgan fingerprint density at radius 1 is 1.65 bits per heavy atom. The van der Waals surface area contributed by atoms with Gasteiger partial charge in [0.05, 0.1) is 23.0 Å². The van der Waals surface area contributed by atoms with Crippen LogP contribution in [0.15, 0.2) is 6.20 Å². The molecule has 0 amide bonds. The highest BCUT2D eigenvalue weighted by atomic mass is 35.5. The second-order valence-corrected chi connectivity index (χ2v) is 6.14. The molecule has 1 aliphatic carbocycles. The van der Waals surface area contributed by atoms with Crippen molar-refractivity contribution in [2.75, 3.05) is 6.54 Å². The minimum Gasteiger partial charge on any atom is -0.308 e. The molecule has 96 valence electrons. The predicted molar refractivity (Wildman–Crippen MR) is 71.1 cm³/mol. The van der Waals surface area contributed by atoms with Crippen LogP contribution in [0, 0.1) is 11.3 Å². The van der Waals surface area contributed by atoms with Crippen molar-refractivity contribution in [3.8, 4) is 0 Å². The molecule has 2 rings (SSSR count). The van der Waals surface area contributed by atoms with Gasteiger partial charge in [0.1, 0.15) is 0 Å². The van der Waals surface area contributed by atoms with Gasteiger partial charge >= 0.3 is 0 Å². The minimum atomic E-state index is 0.338. The summed E-state index contributed by atoms with van der Waals surface area (Å²) < 4.78 is 1.91. The molecule has 2 unspecified atom stereocenters. The second-order valence-electron chi connectivity index (χ2n) is 5.73. The van der Waals surface area contributed by atoms with Crippen LogP contribution in [0.25, 0.3) is 0 Å². The zero-order valence-corrected chi connectivity index (χ0v) is 11.9. The molecule has 1 aliphatic rings. The maximum Gasteiger partial charge on any atom is 0.0834 e. The minimum absolute atomic E-state index is 0.338. The van der Waals surface area contributed by atoms with Gasteiger partial charge in [-0.15, -0.1) is 0 Å². The van der Waals surface area contributed by atoms with Crippen molar-refractivity contribution in [3.05, 3.63) is 16.9 Å². The van der Waals surface area contributed by atoms with Crippen molar-refractivity contribution < 1.29 is 0 Å². The van der Waals surface area contributed by atoms with Gasteiger partial charge in [-0.05, 0) is 30.7 Å². The van der Waals surface area contributed by atoms with Crippen LogP contribution in [0.1, 0.15) is 45.3 Å². The van der Waals surface area contributed by atoms with Gasteiger partial charge in [0.25, 0.3) is 0 Å². The van der Waals surface area contributed by atoms with E-state index in [4.69, 9.17) is 11.6 Å². The molecule has 0 spiro atoms. The summed E-state index contributed by atoms with van der Waals surface area (Å²) in [4.78, 5) is 0. The summed E-state index contributed by atoms with van der Waals surface area (Å²) in [5, 5.41) is 8.65. The third-order valence-corrected chi connectivity index (χ3v) is 4.13. The highest BCUT2D eigenvalue weighted by Crippen LogP contribution is 2.58. The fourth-order valence-corrected chi connectivity index (χ4v) is 2.86. The number of nitrogens with one attached hydrogen (secondary N) is 1. The lowest BCUT2D eigenvalue weighted by molar-refractivity contribution is 0.396. The summed E-state index contributed by atoms with van der Waals surface area (Å²) in [6, 6.07) is 0.338. The van der Waals surface area contributed by atoms with Crippen molar-refractivity contribution in [2.45, 2.75) is 39.7 Å². The Kier molecular flexibility index (Phi) is 3.50. The first-order valence-corrected chi connectivity index (χ1v) is 6.76. The maximum atomic E-state index is 6.26. The lowest BCUT2D eigenvalue weighted by atomic mass is 10.0. The van der Waals surface area contributed by atoms with E-state index in [2.05, 4.69) is 31.2 Å². The summed E-state index contributed by atoms with van der Waals surface area (Å²) in [5.74, 6) is 0.668. The molecule has 0 aromatic carbocycles. The molecule has 2 atom stereocenters. The number of hydrogen-bond acceptors (Lipinski definition) is 2. The number of hydrogen-bond donors (Lipinski definition) is 1. The Morgan fingerprint density at radius 3 is 2.71 bits per heavy atom. The largest absolute Gasteiger partial charge is 0.308 e. The van der Waals surface area contributed by atoms with Gasteiger partial charge in [0.15, 0.2) is 0 Å². The first-order valence-electron chi connectivity index (χ1n) is 6.38. The van der Waals surface area contributed by atoms with Crippen LogP contribution < -0.4 is 5.32 Å². The third kappa shape index (κ3) is 2.50. The second kappa shape index (κ2) is 4.62. The number of halogens is 1. The zero-order valence-electron chi connectivity index (χ0n) is 11.1. The van der Waals surface area contributed by atoms with E-state index in [0.717, 1.165) is 23.7 Å². The van der Waals surface area contributed by atoms with Crippen LogP contribution in [-0.4, -0.2) is 16.3 Å². The van der Waals surface area contributed by atoms with E-state index in [1.165, 1.54) is 6.42 Å². The van der Waals surface area contributed by atoms with Gasteiger partial charge in [0, 0.05) is 7.05 Å². The lowest BCUT2D eigenvalue weighted by Gasteiger charge is -2.21. The van der Waals surface area contributed by atoms with Crippen molar-refractivity contribution in [3.63, 3.8) is 0 Å². The van der Waals surface area contributed by atoms with Gasteiger partial charge in [-0.2, -0.15) is 5.10 Å². The van der Waals surface area contributed by atoms with E-state index in [1.807, 2.05) is 11.7 Å². The number of aromatic nitrogens is 2. The summed E-state index contributed by atoms with van der Waals surface area (Å²) in [7, 11) is 1.97. The normalized spacial score (nSPS) is 23.7. The quantitative estimate of drug-likeness (QED) is 0.876. The van der Waals surface area contributed by atoms with Gasteiger partial charge in [-0.25, -0.2) is 0 Å². The molecular weight excluding hydrogens is 234 g/mol. The molecule has 1 heterocycles. The predicted octanol–water partition coefficient (Wildman–Crippen LogP) is 3.16. The van der Waals surface area contributed by atoms with Gasteiger partial charge in [-0.3, -0.25) is 4.68 Å². The fourth-order valence-electron chi connectivity index (χ4n) is 2.58. The SMILES string of the molecule is CCCNC(c1c(Cl)cnn1C)C1CC1(C)C. The van der Waals surface area contributed by atoms with Crippen molar-refractivity contribution in [1.82, 2.24) is 15.1 Å². The topological polar surface area (TPSA) is 29.9 Å². The molecule has 0 bridgehead atoms. The standard InChI is InChI=1S/C13H22ClN3/c1-5-6-15-11(9-7-13(9,2)3)12-10(14)8-16-17(12)4/h8-9,11,15H,5-7H2,1-4H3. The van der Waals surface area contributed by atoms with Crippen LogP contribution in [-0.2, 0) is 7.05 Å². The highest BCUT2D eigenvalue weighted by Gasteiger charge is 2.51. The number of aryl methyl sites for hydroxylation is 1. The molecule has 17 heavy (non-hydrogen) atoms. The van der Waals surface area contributed by atoms with E-state index in [0.29, 0.717) is 17.4 Å². The van der Waals surface area contributed by atoms with Crippen LogP contribution in [0.2, 0.25) is 5.02 Å². The van der Waals surface area contributed by atoms with E-state index in [-0.39, 0.29) is 0 Å². The first kappa shape index (κ1) is 12.9. The average Bonchev–Trinajstić information content (AvgIpc) is 2.76. The van der Waals surface area contributed by atoms with Gasteiger partial charge in [0.2, 0.25) is 0 Å². The molecule has 4 heteroatoms. The molecule has 1 N–H and O–H groups in total. The smallest absolute Gasteiger partial charge is 0.0834 e. The molecule has 1 saturated carbocycles. The molecule has 0 saturated heterocycles. The molecule has 0 radical (unpaired) electrons. The van der Waals surface area contributed by atoms with Crippen molar-refractivity contribution >= 4 is 11.6 Å². The monoisotopic (exact) mass is 255 g/mol. The van der Waals surface area contributed by atoms with E-state index < -0.39 is 0 Å². The summed E-state index contributed by atoms with van der Waals surface area (Å²) in [6.45, 7) is 7.86. The van der Waals surface area contributed by atoms with Crippen LogP contribution in [0.4, 0.5) is 0 Å². The molecule has 3 nitrogen and oxygen atoms in total. The van der Waals surface area contributed by atoms with Crippen LogP contribution >= 0.6 is 11.6 Å². The summed E-state index contributed by atoms with van der Waals surface area (Å²) in [5.41, 5.74) is 1.56. The van der Waals surface area contributed by atoms with E-state index in [9.17, 15) is 0 Å². The van der Waals surface area contributed by atoms with Crippen molar-refractivity contribution in [1.29, 1.82) is 0 Å². The first-order chi connectivity index (χ1) is 7.97. The van der Waals surface area contributed by atoms with Gasteiger partial charge < -0.3 is 5.32 Å². The molecule has 1 aromatic heterocycles. The summed E-state index contributed by atoms with van der Waals surface area (Å²) in [6.07, 6.45) is 4.14. The van der Waals surface area contributed by atoms with E-state index >= 15 is 0 Å². The molecular formula is C13H22ClN3. The molecule has 1 fully saturated rings. The van der Waals surface area contributed by atoms with Crippen molar-refractivity contribution in [2.24, 2.45) is 18.4 Å². The average molecular weight is 256 g/mol. The van der Waals surface area contributed by atoms with Crippen LogP contribution in [0.5, 0.6) is 0 Å². The third-order valence-electron chi connectivity index (χ3n) is 3.84. The fraction of sp³-hybridized carbons (Fsp3) is 0.769. The molecule has 0 aliphatic heterocycles. The van der Waals surface area contributed by atoms with E-state index in [1.54, 1.807) is 6.20 Å². The molecule has 1 aromatic rings. The summed E-state index contributed by atoms with van der Waals surface area (Å²) >= 11 is 6.26. The number of rotatable bonds is 5. The highest BCUT2D eigenvalue weighted by molar-refractivity contribution is 6.31.